The summed E-state index contributed by atoms with van der Waals surface area (Å²) in [4.78, 5) is 17.6. The van der Waals surface area contributed by atoms with Gasteiger partial charge in [-0.1, -0.05) is 30.3 Å². The number of hydrogen-bond donors (Lipinski definition) is 0. The van der Waals surface area contributed by atoms with Gasteiger partial charge in [-0.15, -0.1) is 0 Å². The molecule has 1 aromatic carbocycles. The number of ether oxygens (including phenoxy) is 1. The standard InChI is InChI=1S/C20H28N2O2/c23-20(24-15-16-5-2-1-3-6-16)18-9-13-22(14-10-18)19-17-7-4-11-21(19)12-8-17/h1-3,5-6,17-19H,4,7-15H2. The zero-order chi connectivity index (χ0) is 16.4. The molecule has 3 atom stereocenters. The number of nitrogens with zero attached hydrogens (tertiary/aromatic N) is 2. The van der Waals surface area contributed by atoms with Crippen LogP contribution < -0.4 is 0 Å². The van der Waals surface area contributed by atoms with Gasteiger partial charge in [0.15, 0.2) is 0 Å². The predicted octanol–water partition coefficient (Wildman–Crippen LogP) is 2.88. The van der Waals surface area contributed by atoms with Crippen LogP contribution in [0.5, 0.6) is 0 Å². The highest BCUT2D eigenvalue weighted by Gasteiger charge is 2.42. The lowest BCUT2D eigenvalue weighted by Crippen LogP contribution is -2.53. The normalized spacial score (nSPS) is 31.1. The van der Waals surface area contributed by atoms with E-state index >= 15 is 0 Å². The third-order valence-corrected chi connectivity index (χ3v) is 6.06. The molecule has 2 bridgehead atoms. The average molecular weight is 328 g/mol. The fraction of sp³-hybridized carbons (Fsp3) is 0.650. The minimum Gasteiger partial charge on any atom is -0.461 e. The van der Waals surface area contributed by atoms with Crippen molar-refractivity contribution in [3.8, 4) is 0 Å². The molecule has 0 aromatic heterocycles. The van der Waals surface area contributed by atoms with Crippen LogP contribution in [0.25, 0.3) is 0 Å². The van der Waals surface area contributed by atoms with Crippen molar-refractivity contribution < 1.29 is 9.53 Å². The number of carbonyl (C=O) groups excluding carboxylic acids is 1. The first kappa shape index (κ1) is 16.1. The number of fused-ring (bicyclic) bond motifs is 2. The molecule has 3 heterocycles. The topological polar surface area (TPSA) is 32.8 Å². The highest BCUT2D eigenvalue weighted by Crippen LogP contribution is 2.36. The molecule has 3 aliphatic rings. The lowest BCUT2D eigenvalue weighted by molar-refractivity contribution is -0.152. The average Bonchev–Trinajstić information content (AvgIpc) is 2.89. The largest absolute Gasteiger partial charge is 0.461 e. The predicted molar refractivity (Wildman–Crippen MR) is 93.2 cm³/mol. The van der Waals surface area contributed by atoms with Gasteiger partial charge in [-0.3, -0.25) is 14.6 Å². The summed E-state index contributed by atoms with van der Waals surface area (Å²) in [6.45, 7) is 5.03. The van der Waals surface area contributed by atoms with E-state index in [4.69, 9.17) is 4.74 Å². The maximum atomic E-state index is 12.3. The molecule has 0 aliphatic carbocycles. The van der Waals surface area contributed by atoms with Crippen molar-refractivity contribution in [2.75, 3.05) is 26.2 Å². The second kappa shape index (κ2) is 7.24. The fourth-order valence-corrected chi connectivity index (χ4v) is 4.78. The van der Waals surface area contributed by atoms with Gasteiger partial charge in [0, 0.05) is 19.6 Å². The molecule has 0 N–H and O–H groups in total. The Hall–Kier alpha value is -1.39. The number of likely N-dealkylation sites (tertiary alicyclic amines) is 1. The number of benzene rings is 1. The van der Waals surface area contributed by atoms with Crippen molar-refractivity contribution in [1.82, 2.24) is 9.80 Å². The van der Waals surface area contributed by atoms with E-state index in [1.54, 1.807) is 0 Å². The van der Waals surface area contributed by atoms with Crippen LogP contribution in [0, 0.1) is 11.8 Å². The summed E-state index contributed by atoms with van der Waals surface area (Å²) >= 11 is 0. The van der Waals surface area contributed by atoms with Gasteiger partial charge in [-0.05, 0) is 50.1 Å². The number of esters is 1. The molecule has 3 aliphatic heterocycles. The van der Waals surface area contributed by atoms with Crippen molar-refractivity contribution in [2.24, 2.45) is 11.8 Å². The minimum absolute atomic E-state index is 0.00887. The molecule has 3 saturated heterocycles. The Morgan fingerprint density at radius 1 is 0.958 bits per heavy atom. The van der Waals surface area contributed by atoms with Gasteiger partial charge in [-0.25, -0.2) is 0 Å². The van der Waals surface area contributed by atoms with E-state index < -0.39 is 0 Å². The van der Waals surface area contributed by atoms with E-state index in [9.17, 15) is 4.79 Å². The van der Waals surface area contributed by atoms with Crippen LogP contribution in [0.2, 0.25) is 0 Å². The van der Waals surface area contributed by atoms with E-state index in [0.717, 1.165) is 37.4 Å². The number of piperidine rings is 2. The third kappa shape index (κ3) is 3.35. The smallest absolute Gasteiger partial charge is 0.309 e. The van der Waals surface area contributed by atoms with Gasteiger partial charge in [0.25, 0.3) is 0 Å². The molecule has 24 heavy (non-hydrogen) atoms. The summed E-state index contributed by atoms with van der Waals surface area (Å²) in [6.07, 6.45) is 6.67. The van der Waals surface area contributed by atoms with E-state index in [1.807, 2.05) is 30.3 Å². The van der Waals surface area contributed by atoms with Crippen LogP contribution >= 0.6 is 0 Å². The number of hydrogen-bond acceptors (Lipinski definition) is 4. The van der Waals surface area contributed by atoms with Crippen molar-refractivity contribution in [1.29, 1.82) is 0 Å². The molecule has 4 rings (SSSR count). The van der Waals surface area contributed by atoms with Crippen LogP contribution in [0.3, 0.4) is 0 Å². The second-order valence-corrected chi connectivity index (χ2v) is 7.54. The Morgan fingerprint density at radius 3 is 2.42 bits per heavy atom. The maximum Gasteiger partial charge on any atom is 0.309 e. The molecule has 3 unspecified atom stereocenters. The summed E-state index contributed by atoms with van der Waals surface area (Å²) in [5.74, 6) is 0.937. The quantitative estimate of drug-likeness (QED) is 0.796. The van der Waals surface area contributed by atoms with Crippen molar-refractivity contribution in [2.45, 2.75) is 44.9 Å². The Kier molecular flexibility index (Phi) is 4.86. The summed E-state index contributed by atoms with van der Waals surface area (Å²) in [5.41, 5.74) is 1.06. The van der Waals surface area contributed by atoms with Crippen LogP contribution in [0.15, 0.2) is 30.3 Å². The molecular formula is C20H28N2O2. The Morgan fingerprint density at radius 2 is 1.67 bits per heavy atom. The molecule has 1 aromatic rings. The molecule has 4 heteroatoms. The Balaban J connectivity index is 1.26. The van der Waals surface area contributed by atoms with E-state index in [1.165, 1.54) is 32.4 Å². The summed E-state index contributed by atoms with van der Waals surface area (Å²) < 4.78 is 5.53. The van der Waals surface area contributed by atoms with Crippen molar-refractivity contribution in [3.63, 3.8) is 0 Å². The van der Waals surface area contributed by atoms with E-state index in [0.29, 0.717) is 12.8 Å². The zero-order valence-corrected chi connectivity index (χ0v) is 14.4. The Bertz CT molecular complexity index is 538. The highest BCUT2D eigenvalue weighted by molar-refractivity contribution is 5.72. The first-order valence-electron chi connectivity index (χ1n) is 9.50. The molecule has 4 nitrogen and oxygen atoms in total. The zero-order valence-electron chi connectivity index (χ0n) is 14.4. The van der Waals surface area contributed by atoms with Crippen LogP contribution in [-0.4, -0.2) is 48.1 Å². The molecule has 0 saturated carbocycles. The molecule has 130 valence electrons. The number of carbonyl (C=O) groups is 1. The molecular weight excluding hydrogens is 300 g/mol. The summed E-state index contributed by atoms with van der Waals surface area (Å²) in [5, 5.41) is 0. The third-order valence-electron chi connectivity index (χ3n) is 6.06. The van der Waals surface area contributed by atoms with E-state index in [2.05, 4.69) is 9.80 Å². The summed E-state index contributed by atoms with van der Waals surface area (Å²) in [6, 6.07) is 9.95. The first-order valence-corrected chi connectivity index (χ1v) is 9.50. The molecule has 3 fully saturated rings. The highest BCUT2D eigenvalue weighted by atomic mass is 16.5. The molecule has 0 radical (unpaired) electrons. The first-order chi connectivity index (χ1) is 11.8. The van der Waals surface area contributed by atoms with Gasteiger partial charge >= 0.3 is 5.97 Å². The van der Waals surface area contributed by atoms with E-state index in [-0.39, 0.29) is 11.9 Å². The monoisotopic (exact) mass is 328 g/mol. The lowest BCUT2D eigenvalue weighted by atomic mass is 9.92. The second-order valence-electron chi connectivity index (χ2n) is 7.54. The van der Waals surface area contributed by atoms with Gasteiger partial charge in [0.2, 0.25) is 0 Å². The van der Waals surface area contributed by atoms with Crippen LogP contribution in [-0.2, 0) is 16.1 Å². The SMILES string of the molecule is O=C(OCc1ccccc1)C1CCN(C2C3CCCN2CC3)CC1. The van der Waals surface area contributed by atoms with Crippen molar-refractivity contribution >= 4 is 5.97 Å². The van der Waals surface area contributed by atoms with Gasteiger partial charge in [0.1, 0.15) is 6.61 Å². The molecule has 0 spiro atoms. The van der Waals surface area contributed by atoms with Crippen LogP contribution in [0.4, 0.5) is 0 Å². The van der Waals surface area contributed by atoms with Gasteiger partial charge < -0.3 is 4.74 Å². The Labute approximate surface area is 144 Å². The molecule has 0 amide bonds. The van der Waals surface area contributed by atoms with Gasteiger partial charge in [-0.2, -0.15) is 0 Å². The summed E-state index contributed by atoms with van der Waals surface area (Å²) in [7, 11) is 0. The van der Waals surface area contributed by atoms with Gasteiger partial charge in [0.05, 0.1) is 12.1 Å². The fourth-order valence-electron chi connectivity index (χ4n) is 4.78. The number of rotatable bonds is 4. The minimum atomic E-state index is -0.00887. The van der Waals surface area contributed by atoms with Crippen molar-refractivity contribution in [3.05, 3.63) is 35.9 Å². The van der Waals surface area contributed by atoms with Crippen LogP contribution in [0.1, 0.15) is 37.7 Å². The maximum absolute atomic E-state index is 12.3. The lowest BCUT2D eigenvalue weighted by Gasteiger charge is -2.44.